The smallest absolute Gasteiger partial charge is 0.296 e. The summed E-state index contributed by atoms with van der Waals surface area (Å²) in [5.74, 6) is -0.0581. The normalized spacial score (nSPS) is 14.4. The third-order valence-corrected chi connectivity index (χ3v) is 5.11. The highest BCUT2D eigenvalue weighted by molar-refractivity contribution is 7.86. The highest BCUT2D eigenvalue weighted by Crippen LogP contribution is 2.25. The van der Waals surface area contributed by atoms with Crippen molar-refractivity contribution in [2.45, 2.75) is 38.0 Å². The van der Waals surface area contributed by atoms with Gasteiger partial charge in [-0.3, -0.25) is 14.1 Å². The van der Waals surface area contributed by atoms with Crippen LogP contribution in [0.1, 0.15) is 33.1 Å². The maximum atomic E-state index is 11.7. The molecule has 0 saturated carbocycles. The Morgan fingerprint density at radius 2 is 1.67 bits per heavy atom. The van der Waals surface area contributed by atoms with Crippen molar-refractivity contribution in [1.29, 1.82) is 0 Å². The minimum absolute atomic E-state index is 0.185. The highest BCUT2D eigenvalue weighted by atomic mass is 32.2. The zero-order chi connectivity index (χ0) is 20.0. The molecule has 144 valence electrons. The second-order valence-electron chi connectivity index (χ2n) is 6.23. The molecular formula is C20H23NO5S. The summed E-state index contributed by atoms with van der Waals surface area (Å²) in [5.41, 5.74) is 1.90. The number of unbranched alkanes of at least 4 members (excludes halogenated alkanes) is 2. The maximum Gasteiger partial charge on any atom is 0.296 e. The summed E-state index contributed by atoms with van der Waals surface area (Å²) >= 11 is 0. The molecule has 6 nitrogen and oxygen atoms in total. The van der Waals surface area contributed by atoms with Gasteiger partial charge in [-0.2, -0.15) is 8.42 Å². The average Bonchev–Trinajstić information content (AvgIpc) is 3.16. The van der Waals surface area contributed by atoms with Gasteiger partial charge in [0.15, 0.2) is 5.78 Å². The van der Waals surface area contributed by atoms with E-state index in [0.717, 1.165) is 30.4 Å². The first-order chi connectivity index (χ1) is 12.8. The van der Waals surface area contributed by atoms with Crippen molar-refractivity contribution in [1.82, 2.24) is 0 Å². The second-order valence-corrected chi connectivity index (χ2v) is 7.62. The Morgan fingerprint density at radius 1 is 1.07 bits per heavy atom. The largest absolute Gasteiger partial charge is 0.311 e. The Morgan fingerprint density at radius 3 is 2.07 bits per heavy atom. The van der Waals surface area contributed by atoms with Gasteiger partial charge >= 0.3 is 0 Å². The molecule has 0 unspecified atom stereocenters. The van der Waals surface area contributed by atoms with Crippen LogP contribution >= 0.6 is 0 Å². The molecule has 1 amide bonds. The first-order valence-corrected chi connectivity index (χ1v) is 10.2. The van der Waals surface area contributed by atoms with Crippen LogP contribution in [0, 0.1) is 0 Å². The topological polar surface area (TPSA) is 91.8 Å². The fourth-order valence-corrected chi connectivity index (χ4v) is 3.50. The van der Waals surface area contributed by atoms with Gasteiger partial charge in [0.1, 0.15) is 4.90 Å². The summed E-state index contributed by atoms with van der Waals surface area (Å²) in [6.45, 7) is 3.87. The SMILES string of the molecule is CCCCCN(C(C)=O)c1ccccc1S(=O)(=O)O.O=C1C2=CC=C1C=C2. The number of fused-ring (bicyclic) bond motifs is 2. The van der Waals surface area contributed by atoms with Gasteiger partial charge in [0.25, 0.3) is 10.1 Å². The molecule has 3 rings (SSSR count). The number of hydrogen-bond donors (Lipinski definition) is 1. The van der Waals surface area contributed by atoms with E-state index in [4.69, 9.17) is 0 Å². The summed E-state index contributed by atoms with van der Waals surface area (Å²) < 4.78 is 31.9. The molecule has 27 heavy (non-hydrogen) atoms. The molecule has 0 atom stereocenters. The van der Waals surface area contributed by atoms with Crippen molar-refractivity contribution in [3.8, 4) is 0 Å². The Kier molecular flexibility index (Phi) is 6.87. The van der Waals surface area contributed by atoms with Gasteiger partial charge in [0, 0.05) is 24.6 Å². The molecule has 0 saturated heterocycles. The monoisotopic (exact) mass is 389 g/mol. The van der Waals surface area contributed by atoms with E-state index in [-0.39, 0.29) is 22.3 Å². The van der Waals surface area contributed by atoms with Gasteiger partial charge in [0.2, 0.25) is 5.91 Å². The first kappa shape index (κ1) is 20.8. The molecule has 2 bridgehead atoms. The zero-order valence-corrected chi connectivity index (χ0v) is 16.2. The molecule has 2 aliphatic rings. The quantitative estimate of drug-likeness (QED) is 0.594. The number of rotatable bonds is 6. The highest BCUT2D eigenvalue weighted by Gasteiger charge is 2.21. The van der Waals surface area contributed by atoms with E-state index in [0.29, 0.717) is 6.54 Å². The Bertz CT molecular complexity index is 901. The molecule has 0 fully saturated rings. The minimum Gasteiger partial charge on any atom is -0.311 e. The lowest BCUT2D eigenvalue weighted by Gasteiger charge is -2.22. The summed E-state index contributed by atoms with van der Waals surface area (Å²) in [4.78, 5) is 23.6. The molecular weight excluding hydrogens is 366 g/mol. The van der Waals surface area contributed by atoms with Crippen molar-refractivity contribution in [2.24, 2.45) is 0 Å². The van der Waals surface area contributed by atoms with E-state index in [9.17, 15) is 22.6 Å². The van der Waals surface area contributed by atoms with Crippen LogP contribution in [0.5, 0.6) is 0 Å². The number of anilines is 1. The fraction of sp³-hybridized carbons (Fsp3) is 0.300. The number of carbonyl (C=O) groups is 2. The molecule has 0 aliphatic heterocycles. The average molecular weight is 389 g/mol. The Balaban J connectivity index is 0.000000266. The molecule has 0 radical (unpaired) electrons. The minimum atomic E-state index is -4.34. The molecule has 1 aromatic rings. The van der Waals surface area contributed by atoms with Gasteiger partial charge in [-0.15, -0.1) is 0 Å². The summed E-state index contributed by atoms with van der Waals surface area (Å²) in [7, 11) is -4.34. The Labute approximate surface area is 159 Å². The predicted octanol–water partition coefficient (Wildman–Crippen LogP) is 3.47. The van der Waals surface area contributed by atoms with Gasteiger partial charge in [-0.05, 0) is 18.6 Å². The number of amides is 1. The predicted molar refractivity (Wildman–Crippen MR) is 104 cm³/mol. The number of carbonyl (C=O) groups excluding carboxylic acids is 2. The van der Waals surface area contributed by atoms with Crippen LogP contribution in [0.4, 0.5) is 5.69 Å². The lowest BCUT2D eigenvalue weighted by molar-refractivity contribution is -0.116. The van der Waals surface area contributed by atoms with E-state index < -0.39 is 10.1 Å². The molecule has 0 spiro atoms. The van der Waals surface area contributed by atoms with Crippen molar-refractivity contribution >= 4 is 27.5 Å². The van der Waals surface area contributed by atoms with Gasteiger partial charge in [-0.1, -0.05) is 56.2 Å². The standard InChI is InChI=1S/C13H19NO4S.C7H4O/c1-3-4-7-10-14(11(2)15)12-8-5-6-9-13(12)19(16,17)18;8-7-5-1-2-6(7)4-3-5/h5-6,8-9H,3-4,7,10H2,1-2H3,(H,16,17,18);1-4H. The molecule has 1 aromatic carbocycles. The first-order valence-electron chi connectivity index (χ1n) is 8.75. The molecule has 0 aromatic heterocycles. The van der Waals surface area contributed by atoms with E-state index >= 15 is 0 Å². The molecule has 1 N–H and O–H groups in total. The van der Waals surface area contributed by atoms with Crippen molar-refractivity contribution < 1.29 is 22.6 Å². The van der Waals surface area contributed by atoms with Gasteiger partial charge in [0.05, 0.1) is 5.69 Å². The third-order valence-electron chi connectivity index (χ3n) is 4.21. The zero-order valence-electron chi connectivity index (χ0n) is 15.4. The van der Waals surface area contributed by atoms with Crippen LogP contribution in [-0.4, -0.2) is 31.2 Å². The number of allylic oxidation sites excluding steroid dienone is 6. The number of nitrogens with zero attached hydrogens (tertiary/aromatic N) is 1. The van der Waals surface area contributed by atoms with Crippen LogP contribution in [0.15, 0.2) is 64.6 Å². The number of hydrogen-bond acceptors (Lipinski definition) is 4. The summed E-state index contributed by atoms with van der Waals surface area (Å²) in [6, 6.07) is 5.97. The van der Waals surface area contributed by atoms with E-state index in [1.54, 1.807) is 6.07 Å². The molecule has 7 heteroatoms. The number of benzene rings is 1. The molecule has 0 heterocycles. The van der Waals surface area contributed by atoms with Crippen LogP contribution in [0.2, 0.25) is 0 Å². The van der Waals surface area contributed by atoms with Crippen LogP contribution in [0.25, 0.3) is 0 Å². The lowest BCUT2D eigenvalue weighted by atomic mass is 10.2. The van der Waals surface area contributed by atoms with E-state index in [1.807, 2.05) is 31.2 Å². The van der Waals surface area contributed by atoms with E-state index in [1.165, 1.54) is 30.0 Å². The molecule has 2 aliphatic carbocycles. The summed E-state index contributed by atoms with van der Waals surface area (Å²) in [6.07, 6.45) is 10.1. The van der Waals surface area contributed by atoms with Crippen molar-refractivity contribution in [3.05, 3.63) is 59.7 Å². The van der Waals surface area contributed by atoms with Gasteiger partial charge in [-0.25, -0.2) is 0 Å². The van der Waals surface area contributed by atoms with Crippen LogP contribution in [-0.2, 0) is 19.7 Å². The third kappa shape index (κ3) is 5.24. The van der Waals surface area contributed by atoms with Crippen LogP contribution in [0.3, 0.4) is 0 Å². The van der Waals surface area contributed by atoms with Crippen molar-refractivity contribution in [2.75, 3.05) is 11.4 Å². The van der Waals surface area contributed by atoms with Crippen molar-refractivity contribution in [3.63, 3.8) is 0 Å². The van der Waals surface area contributed by atoms with Gasteiger partial charge < -0.3 is 4.90 Å². The second kappa shape index (κ2) is 8.92. The number of para-hydroxylation sites is 1. The summed E-state index contributed by atoms with van der Waals surface area (Å²) in [5, 5.41) is 0. The van der Waals surface area contributed by atoms with Crippen LogP contribution < -0.4 is 4.90 Å². The number of ketones is 1. The van der Waals surface area contributed by atoms with E-state index in [2.05, 4.69) is 0 Å². The maximum absolute atomic E-state index is 11.7. The lowest BCUT2D eigenvalue weighted by Crippen LogP contribution is -2.30. The Hall–Kier alpha value is -2.51. The number of Topliss-reactive ketones (excluding diaryl/α,β-unsaturated/α-hetero) is 1. The fourth-order valence-electron chi connectivity index (χ4n) is 2.81.